The molecule has 0 amide bonds. The minimum atomic E-state index is 0.468. The van der Waals surface area contributed by atoms with Gasteiger partial charge in [-0.3, -0.25) is 4.99 Å². The van der Waals surface area contributed by atoms with Crippen molar-refractivity contribution in [3.8, 4) is 0 Å². The van der Waals surface area contributed by atoms with Gasteiger partial charge in [0.2, 0.25) is 0 Å². The second kappa shape index (κ2) is 7.79. The van der Waals surface area contributed by atoms with E-state index in [1.54, 1.807) is 0 Å². The van der Waals surface area contributed by atoms with Gasteiger partial charge in [-0.05, 0) is 17.9 Å². The number of ether oxygens (including phenoxy) is 1. The Hall–Kier alpha value is -1.55. The van der Waals surface area contributed by atoms with Crippen molar-refractivity contribution in [1.82, 2.24) is 10.6 Å². The third-order valence-electron chi connectivity index (χ3n) is 3.03. The average molecular weight is 261 g/mol. The van der Waals surface area contributed by atoms with Crippen molar-refractivity contribution < 1.29 is 4.74 Å². The molecule has 1 aliphatic rings. The molecule has 4 nitrogen and oxygen atoms in total. The SMILES string of the molecule is CC(CNC1=NCCCN1)COCc1ccccc1. The topological polar surface area (TPSA) is 45.7 Å². The Morgan fingerprint density at radius 1 is 1.37 bits per heavy atom. The quantitative estimate of drug-likeness (QED) is 0.820. The van der Waals surface area contributed by atoms with Crippen LogP contribution in [-0.4, -0.2) is 32.2 Å². The van der Waals surface area contributed by atoms with Crippen LogP contribution in [0.15, 0.2) is 35.3 Å². The van der Waals surface area contributed by atoms with E-state index in [4.69, 9.17) is 4.74 Å². The highest BCUT2D eigenvalue weighted by molar-refractivity contribution is 5.80. The summed E-state index contributed by atoms with van der Waals surface area (Å²) >= 11 is 0. The molecule has 104 valence electrons. The van der Waals surface area contributed by atoms with Crippen LogP contribution in [0.3, 0.4) is 0 Å². The number of hydrogen-bond donors (Lipinski definition) is 2. The van der Waals surface area contributed by atoms with E-state index in [1.807, 2.05) is 18.2 Å². The number of aliphatic imine (C=N–C) groups is 1. The van der Waals surface area contributed by atoms with Crippen molar-refractivity contribution in [2.45, 2.75) is 20.0 Å². The summed E-state index contributed by atoms with van der Waals surface area (Å²) in [5, 5.41) is 6.58. The molecule has 1 atom stereocenters. The molecule has 0 fully saturated rings. The van der Waals surface area contributed by atoms with Crippen LogP contribution in [0.5, 0.6) is 0 Å². The maximum atomic E-state index is 5.72. The van der Waals surface area contributed by atoms with Gasteiger partial charge in [0.1, 0.15) is 0 Å². The average Bonchev–Trinajstić information content (AvgIpc) is 2.47. The molecule has 0 aliphatic carbocycles. The van der Waals surface area contributed by atoms with E-state index in [0.29, 0.717) is 12.5 Å². The highest BCUT2D eigenvalue weighted by Gasteiger charge is 2.06. The van der Waals surface area contributed by atoms with Crippen LogP contribution in [0.25, 0.3) is 0 Å². The molecule has 0 aromatic heterocycles. The lowest BCUT2D eigenvalue weighted by atomic mass is 10.2. The van der Waals surface area contributed by atoms with Crippen molar-refractivity contribution in [3.05, 3.63) is 35.9 Å². The third kappa shape index (κ3) is 5.30. The van der Waals surface area contributed by atoms with Crippen molar-refractivity contribution >= 4 is 5.96 Å². The van der Waals surface area contributed by atoms with Crippen LogP contribution in [-0.2, 0) is 11.3 Å². The standard InChI is InChI=1S/C15H23N3O/c1-13(10-18-15-16-8-5-9-17-15)11-19-12-14-6-3-2-4-7-14/h2-4,6-7,13H,5,8-12H2,1H3,(H2,16,17,18). The van der Waals surface area contributed by atoms with Gasteiger partial charge in [-0.2, -0.15) is 0 Å². The first-order valence-corrected chi connectivity index (χ1v) is 6.98. The molecule has 1 aromatic rings. The Morgan fingerprint density at radius 2 is 2.21 bits per heavy atom. The van der Waals surface area contributed by atoms with Gasteiger partial charge in [-0.1, -0.05) is 37.3 Å². The number of rotatable bonds is 6. The maximum absolute atomic E-state index is 5.72. The van der Waals surface area contributed by atoms with Gasteiger partial charge < -0.3 is 15.4 Å². The normalized spacial score (nSPS) is 16.4. The number of nitrogens with zero attached hydrogens (tertiary/aromatic N) is 1. The lowest BCUT2D eigenvalue weighted by Gasteiger charge is -2.18. The first-order chi connectivity index (χ1) is 9.34. The summed E-state index contributed by atoms with van der Waals surface area (Å²) in [5.74, 6) is 1.40. The van der Waals surface area contributed by atoms with E-state index in [0.717, 1.165) is 38.6 Å². The Kier molecular flexibility index (Phi) is 5.69. The number of nitrogens with one attached hydrogen (secondary N) is 2. The zero-order valence-electron chi connectivity index (χ0n) is 11.6. The van der Waals surface area contributed by atoms with E-state index in [1.165, 1.54) is 5.56 Å². The summed E-state index contributed by atoms with van der Waals surface area (Å²) in [6.45, 7) is 6.46. The number of benzene rings is 1. The van der Waals surface area contributed by atoms with E-state index in [9.17, 15) is 0 Å². The largest absolute Gasteiger partial charge is 0.376 e. The zero-order chi connectivity index (χ0) is 13.3. The Balaban J connectivity index is 1.59. The minimum Gasteiger partial charge on any atom is -0.376 e. The van der Waals surface area contributed by atoms with Gasteiger partial charge in [0, 0.05) is 19.6 Å². The molecule has 0 saturated heterocycles. The first kappa shape index (κ1) is 13.9. The highest BCUT2D eigenvalue weighted by Crippen LogP contribution is 2.02. The molecule has 1 aromatic carbocycles. The molecule has 4 heteroatoms. The molecule has 2 rings (SSSR count). The van der Waals surface area contributed by atoms with Crippen LogP contribution in [0, 0.1) is 5.92 Å². The second-order valence-electron chi connectivity index (χ2n) is 5.00. The second-order valence-corrected chi connectivity index (χ2v) is 5.00. The van der Waals surface area contributed by atoms with Crippen LogP contribution >= 0.6 is 0 Å². The summed E-state index contributed by atoms with van der Waals surface area (Å²) in [7, 11) is 0. The van der Waals surface area contributed by atoms with Crippen LogP contribution in [0.4, 0.5) is 0 Å². The third-order valence-corrected chi connectivity index (χ3v) is 3.03. The molecule has 2 N–H and O–H groups in total. The molecule has 0 saturated carbocycles. The molecule has 0 bridgehead atoms. The van der Waals surface area contributed by atoms with Gasteiger partial charge >= 0.3 is 0 Å². The zero-order valence-corrected chi connectivity index (χ0v) is 11.6. The molecular weight excluding hydrogens is 238 g/mol. The van der Waals surface area contributed by atoms with Crippen LogP contribution in [0.1, 0.15) is 18.9 Å². The highest BCUT2D eigenvalue weighted by atomic mass is 16.5. The van der Waals surface area contributed by atoms with Gasteiger partial charge in [-0.15, -0.1) is 0 Å². The minimum absolute atomic E-state index is 0.468. The van der Waals surface area contributed by atoms with Crippen molar-refractivity contribution in [3.63, 3.8) is 0 Å². The first-order valence-electron chi connectivity index (χ1n) is 6.98. The van der Waals surface area contributed by atoms with Crippen molar-refractivity contribution in [1.29, 1.82) is 0 Å². The smallest absolute Gasteiger partial charge is 0.191 e. The molecule has 0 radical (unpaired) electrons. The summed E-state index contributed by atoms with van der Waals surface area (Å²) in [5.41, 5.74) is 1.22. The predicted octanol–water partition coefficient (Wildman–Crippen LogP) is 1.78. The van der Waals surface area contributed by atoms with Gasteiger partial charge in [0.05, 0.1) is 13.2 Å². The fourth-order valence-electron chi connectivity index (χ4n) is 1.93. The lowest BCUT2D eigenvalue weighted by Crippen LogP contribution is -2.42. The molecule has 1 heterocycles. The molecule has 0 spiro atoms. The molecule has 19 heavy (non-hydrogen) atoms. The Labute approximate surface area is 115 Å². The van der Waals surface area contributed by atoms with Gasteiger partial charge in [-0.25, -0.2) is 0 Å². The molecule has 1 aliphatic heterocycles. The summed E-state index contributed by atoms with van der Waals surface area (Å²) in [6.07, 6.45) is 1.13. The van der Waals surface area contributed by atoms with Gasteiger partial charge in [0.25, 0.3) is 0 Å². The van der Waals surface area contributed by atoms with Crippen LogP contribution < -0.4 is 10.6 Å². The van der Waals surface area contributed by atoms with E-state index >= 15 is 0 Å². The van der Waals surface area contributed by atoms with Gasteiger partial charge in [0.15, 0.2) is 5.96 Å². The van der Waals surface area contributed by atoms with Crippen LogP contribution in [0.2, 0.25) is 0 Å². The fraction of sp³-hybridized carbons (Fsp3) is 0.533. The van der Waals surface area contributed by atoms with E-state index < -0.39 is 0 Å². The monoisotopic (exact) mass is 261 g/mol. The molecular formula is C15H23N3O. The summed E-state index contributed by atoms with van der Waals surface area (Å²) < 4.78 is 5.72. The summed E-state index contributed by atoms with van der Waals surface area (Å²) in [4.78, 5) is 4.38. The maximum Gasteiger partial charge on any atom is 0.191 e. The van der Waals surface area contributed by atoms with Crippen molar-refractivity contribution in [2.75, 3.05) is 26.2 Å². The van der Waals surface area contributed by atoms with Crippen molar-refractivity contribution in [2.24, 2.45) is 10.9 Å². The fourth-order valence-corrected chi connectivity index (χ4v) is 1.93. The molecule has 1 unspecified atom stereocenters. The number of hydrogen-bond acceptors (Lipinski definition) is 4. The predicted molar refractivity (Wildman–Crippen MR) is 78.2 cm³/mol. The van der Waals surface area contributed by atoms with E-state index in [2.05, 4.69) is 34.7 Å². The lowest BCUT2D eigenvalue weighted by molar-refractivity contribution is 0.0931. The Morgan fingerprint density at radius 3 is 2.95 bits per heavy atom. The summed E-state index contributed by atoms with van der Waals surface area (Å²) in [6, 6.07) is 10.3. The van der Waals surface area contributed by atoms with E-state index in [-0.39, 0.29) is 0 Å². The Bertz CT molecular complexity index is 392. The number of guanidine groups is 1.